The standard InChI is InChI=1S/C15H19Cl2N3O/c1-10(13-6-12(16)4-5-14(13)17)18-9-15(2,21)11-7-19-20(3)8-11/h4-8,10,18,21H,9H2,1-3H3. The average Bonchev–Trinajstić information content (AvgIpc) is 2.86. The molecule has 4 nitrogen and oxygen atoms in total. The number of rotatable bonds is 5. The van der Waals surface area contributed by atoms with E-state index in [2.05, 4.69) is 10.4 Å². The van der Waals surface area contributed by atoms with Crippen molar-refractivity contribution in [3.63, 3.8) is 0 Å². The van der Waals surface area contributed by atoms with Gasteiger partial charge in [-0.05, 0) is 37.6 Å². The molecule has 1 aromatic carbocycles. The second-order valence-corrected chi connectivity index (χ2v) is 6.29. The van der Waals surface area contributed by atoms with Crippen molar-refractivity contribution in [3.8, 4) is 0 Å². The lowest BCUT2D eigenvalue weighted by molar-refractivity contribution is 0.0543. The maximum atomic E-state index is 10.5. The van der Waals surface area contributed by atoms with Crippen LogP contribution in [0.4, 0.5) is 0 Å². The Morgan fingerprint density at radius 2 is 2.14 bits per heavy atom. The van der Waals surface area contributed by atoms with Crippen LogP contribution in [0.1, 0.15) is 31.0 Å². The zero-order valence-electron chi connectivity index (χ0n) is 12.3. The first-order valence-electron chi connectivity index (χ1n) is 6.69. The van der Waals surface area contributed by atoms with Crippen LogP contribution in [0.2, 0.25) is 10.0 Å². The van der Waals surface area contributed by atoms with Gasteiger partial charge in [-0.15, -0.1) is 0 Å². The monoisotopic (exact) mass is 327 g/mol. The van der Waals surface area contributed by atoms with Crippen molar-refractivity contribution in [2.24, 2.45) is 7.05 Å². The fraction of sp³-hybridized carbons (Fsp3) is 0.400. The van der Waals surface area contributed by atoms with Crippen LogP contribution < -0.4 is 5.32 Å². The molecule has 0 amide bonds. The normalized spacial score (nSPS) is 15.7. The van der Waals surface area contributed by atoms with Crippen LogP contribution in [0, 0.1) is 0 Å². The second kappa shape index (κ2) is 6.36. The zero-order chi connectivity index (χ0) is 15.6. The third kappa shape index (κ3) is 3.98. The first-order chi connectivity index (χ1) is 9.79. The largest absolute Gasteiger partial charge is 0.384 e. The van der Waals surface area contributed by atoms with E-state index in [1.807, 2.05) is 20.0 Å². The first-order valence-corrected chi connectivity index (χ1v) is 7.45. The van der Waals surface area contributed by atoms with Gasteiger partial charge in [0.15, 0.2) is 0 Å². The Balaban J connectivity index is 2.06. The second-order valence-electron chi connectivity index (χ2n) is 5.44. The molecular weight excluding hydrogens is 309 g/mol. The highest BCUT2D eigenvalue weighted by atomic mass is 35.5. The lowest BCUT2D eigenvalue weighted by atomic mass is 9.98. The van der Waals surface area contributed by atoms with Crippen molar-refractivity contribution in [2.45, 2.75) is 25.5 Å². The molecule has 0 bridgehead atoms. The lowest BCUT2D eigenvalue weighted by Crippen LogP contribution is -2.36. The quantitative estimate of drug-likeness (QED) is 0.885. The molecule has 0 spiro atoms. The molecule has 0 fully saturated rings. The van der Waals surface area contributed by atoms with Gasteiger partial charge >= 0.3 is 0 Å². The van der Waals surface area contributed by atoms with Crippen molar-refractivity contribution in [2.75, 3.05) is 6.54 Å². The Morgan fingerprint density at radius 1 is 1.43 bits per heavy atom. The number of aryl methyl sites for hydroxylation is 1. The number of aliphatic hydroxyl groups is 1. The van der Waals surface area contributed by atoms with Crippen molar-refractivity contribution < 1.29 is 5.11 Å². The highest BCUT2D eigenvalue weighted by Crippen LogP contribution is 2.27. The molecule has 2 N–H and O–H groups in total. The summed E-state index contributed by atoms with van der Waals surface area (Å²) in [5, 5.41) is 19.2. The predicted octanol–water partition coefficient (Wildman–Crippen LogP) is 3.29. The molecule has 0 radical (unpaired) electrons. The van der Waals surface area contributed by atoms with E-state index in [-0.39, 0.29) is 6.04 Å². The van der Waals surface area contributed by atoms with Crippen LogP contribution in [-0.2, 0) is 12.6 Å². The van der Waals surface area contributed by atoms with E-state index in [0.29, 0.717) is 16.6 Å². The summed E-state index contributed by atoms with van der Waals surface area (Å²) in [6.45, 7) is 4.11. The van der Waals surface area contributed by atoms with Crippen molar-refractivity contribution in [1.29, 1.82) is 0 Å². The highest BCUT2D eigenvalue weighted by Gasteiger charge is 2.25. The molecule has 0 aliphatic carbocycles. The van der Waals surface area contributed by atoms with Crippen LogP contribution in [-0.4, -0.2) is 21.4 Å². The van der Waals surface area contributed by atoms with Gasteiger partial charge in [0.2, 0.25) is 0 Å². The van der Waals surface area contributed by atoms with Gasteiger partial charge in [0.05, 0.1) is 6.20 Å². The molecule has 21 heavy (non-hydrogen) atoms. The first kappa shape index (κ1) is 16.3. The summed E-state index contributed by atoms with van der Waals surface area (Å²) >= 11 is 12.2. The molecule has 2 rings (SSSR count). The summed E-state index contributed by atoms with van der Waals surface area (Å²) in [7, 11) is 1.82. The summed E-state index contributed by atoms with van der Waals surface area (Å²) in [6.07, 6.45) is 3.47. The van der Waals surface area contributed by atoms with Crippen LogP contribution in [0.5, 0.6) is 0 Å². The predicted molar refractivity (Wildman–Crippen MR) is 85.7 cm³/mol. The van der Waals surface area contributed by atoms with Crippen molar-refractivity contribution in [3.05, 3.63) is 51.8 Å². The molecule has 0 aliphatic rings. The van der Waals surface area contributed by atoms with E-state index in [0.717, 1.165) is 11.1 Å². The van der Waals surface area contributed by atoms with Crippen LogP contribution in [0.25, 0.3) is 0 Å². The minimum Gasteiger partial charge on any atom is -0.384 e. The number of nitrogens with one attached hydrogen (secondary N) is 1. The summed E-state index contributed by atoms with van der Waals surface area (Å²) in [4.78, 5) is 0. The van der Waals surface area contributed by atoms with Crippen molar-refractivity contribution >= 4 is 23.2 Å². The molecule has 1 aromatic heterocycles. The van der Waals surface area contributed by atoms with E-state index < -0.39 is 5.60 Å². The Kier molecular flexibility index (Phi) is 4.94. The molecule has 6 heteroatoms. The number of benzene rings is 1. The van der Waals surface area contributed by atoms with Gasteiger partial charge in [-0.2, -0.15) is 5.10 Å². The maximum absolute atomic E-state index is 10.5. The number of nitrogens with zero attached hydrogens (tertiary/aromatic N) is 2. The van der Waals surface area contributed by atoms with E-state index in [1.54, 1.807) is 36.1 Å². The zero-order valence-corrected chi connectivity index (χ0v) is 13.8. The molecular formula is C15H19Cl2N3O. The molecule has 1 heterocycles. The van der Waals surface area contributed by atoms with Gasteiger partial charge in [-0.1, -0.05) is 23.2 Å². The summed E-state index contributed by atoms with van der Waals surface area (Å²) in [6, 6.07) is 5.34. The molecule has 114 valence electrons. The fourth-order valence-electron chi connectivity index (χ4n) is 2.11. The van der Waals surface area contributed by atoms with Gasteiger partial charge in [0.1, 0.15) is 5.60 Å². The summed E-state index contributed by atoms with van der Waals surface area (Å²) in [5.41, 5.74) is 0.668. The Hall–Kier alpha value is -1.07. The minimum atomic E-state index is -1.01. The van der Waals surface area contributed by atoms with E-state index in [1.165, 1.54) is 0 Å². The smallest absolute Gasteiger partial charge is 0.102 e. The summed E-state index contributed by atoms with van der Waals surface area (Å²) in [5.74, 6) is 0. The Labute approximate surface area is 134 Å². The fourth-order valence-corrected chi connectivity index (χ4v) is 2.57. The number of halogens is 2. The van der Waals surface area contributed by atoms with Gasteiger partial charge < -0.3 is 10.4 Å². The molecule has 2 aromatic rings. The van der Waals surface area contributed by atoms with Gasteiger partial charge in [-0.25, -0.2) is 0 Å². The maximum Gasteiger partial charge on any atom is 0.102 e. The Bertz CT molecular complexity index is 625. The molecule has 0 saturated carbocycles. The van der Waals surface area contributed by atoms with Gasteiger partial charge in [0, 0.05) is 41.4 Å². The van der Waals surface area contributed by atoms with Crippen molar-refractivity contribution in [1.82, 2.24) is 15.1 Å². The molecule has 2 atom stereocenters. The Morgan fingerprint density at radius 3 is 2.76 bits per heavy atom. The molecule has 2 unspecified atom stereocenters. The van der Waals surface area contributed by atoms with Crippen LogP contribution >= 0.6 is 23.2 Å². The van der Waals surface area contributed by atoms with Gasteiger partial charge in [-0.3, -0.25) is 4.68 Å². The lowest BCUT2D eigenvalue weighted by Gasteiger charge is -2.25. The minimum absolute atomic E-state index is 0.0284. The van der Waals surface area contributed by atoms with E-state index >= 15 is 0 Å². The highest BCUT2D eigenvalue weighted by molar-refractivity contribution is 6.33. The third-order valence-electron chi connectivity index (χ3n) is 3.50. The van der Waals surface area contributed by atoms with Crippen LogP contribution in [0.3, 0.4) is 0 Å². The average molecular weight is 328 g/mol. The number of hydrogen-bond acceptors (Lipinski definition) is 3. The van der Waals surface area contributed by atoms with Gasteiger partial charge in [0.25, 0.3) is 0 Å². The van der Waals surface area contributed by atoms with E-state index in [4.69, 9.17) is 23.2 Å². The molecule has 0 saturated heterocycles. The third-order valence-corrected chi connectivity index (χ3v) is 4.08. The topological polar surface area (TPSA) is 50.1 Å². The SMILES string of the molecule is CC(NCC(C)(O)c1cnn(C)c1)c1cc(Cl)ccc1Cl. The number of aromatic nitrogens is 2. The molecule has 0 aliphatic heterocycles. The van der Waals surface area contributed by atoms with Crippen LogP contribution in [0.15, 0.2) is 30.6 Å². The summed E-state index contributed by atoms with van der Waals surface area (Å²) < 4.78 is 1.67. The number of hydrogen-bond donors (Lipinski definition) is 2. The van der Waals surface area contributed by atoms with E-state index in [9.17, 15) is 5.11 Å².